The third kappa shape index (κ3) is 3.02. The average molecular weight is 487 g/mol. The molecular formula is C31H50O4. The molecular weight excluding hydrogens is 436 g/mol. The van der Waals surface area contributed by atoms with E-state index in [2.05, 4.69) is 47.6 Å². The molecule has 11 atom stereocenters. The van der Waals surface area contributed by atoms with Crippen molar-refractivity contribution in [2.24, 2.45) is 56.7 Å². The number of aliphatic hydroxyl groups excluding tert-OH is 2. The second-order valence-electron chi connectivity index (χ2n) is 14.6. The summed E-state index contributed by atoms with van der Waals surface area (Å²) in [6, 6.07) is 0. The molecule has 35 heavy (non-hydrogen) atoms. The summed E-state index contributed by atoms with van der Waals surface area (Å²) in [5, 5.41) is 21.7. The van der Waals surface area contributed by atoms with Crippen LogP contribution in [0.5, 0.6) is 0 Å². The standard InChI is InChI=1S/C31H50O4/c1-19-9-8-13-31(26(34)35-7)16-15-29(5)21(24(19)31)10-11-23-27(3)17-20(2)25(33)28(4,18-32)22(27)12-14-30(23,29)6/h10,19-20,22-25,32-33H,8-9,11-18H2,1-7H3/t19-,20+,22?,23?,24?,25-,27-,28-,29+,30+,31-/m0/s1. The Balaban J connectivity index is 1.61. The molecule has 0 spiro atoms. The Morgan fingerprint density at radius 1 is 1.03 bits per heavy atom. The Morgan fingerprint density at radius 3 is 2.40 bits per heavy atom. The van der Waals surface area contributed by atoms with E-state index in [-0.39, 0.29) is 40.2 Å². The minimum Gasteiger partial charge on any atom is -0.469 e. The summed E-state index contributed by atoms with van der Waals surface area (Å²) in [5.41, 5.74) is 1.09. The zero-order chi connectivity index (χ0) is 25.6. The van der Waals surface area contributed by atoms with Gasteiger partial charge in [-0.25, -0.2) is 0 Å². The quantitative estimate of drug-likeness (QED) is 0.363. The third-order valence-corrected chi connectivity index (χ3v) is 13.3. The molecule has 5 rings (SSSR count). The minimum absolute atomic E-state index is 0.0220. The first kappa shape index (κ1) is 25.8. The van der Waals surface area contributed by atoms with Crippen LogP contribution in [0.25, 0.3) is 0 Å². The van der Waals surface area contributed by atoms with Crippen molar-refractivity contribution in [1.29, 1.82) is 0 Å². The van der Waals surface area contributed by atoms with E-state index in [4.69, 9.17) is 4.74 Å². The molecule has 3 unspecified atom stereocenters. The highest BCUT2D eigenvalue weighted by Crippen LogP contribution is 2.75. The zero-order valence-corrected chi connectivity index (χ0v) is 23.3. The van der Waals surface area contributed by atoms with E-state index in [1.807, 2.05) is 0 Å². The topological polar surface area (TPSA) is 66.8 Å². The van der Waals surface area contributed by atoms with Gasteiger partial charge in [0.1, 0.15) is 0 Å². The third-order valence-electron chi connectivity index (χ3n) is 13.3. The van der Waals surface area contributed by atoms with E-state index in [1.165, 1.54) is 6.42 Å². The number of methoxy groups -OCH3 is 1. The van der Waals surface area contributed by atoms with E-state index in [9.17, 15) is 15.0 Å². The number of esters is 1. The highest BCUT2D eigenvalue weighted by atomic mass is 16.5. The molecule has 0 aromatic heterocycles. The number of hydrogen-bond acceptors (Lipinski definition) is 4. The second-order valence-corrected chi connectivity index (χ2v) is 14.6. The fourth-order valence-electron chi connectivity index (χ4n) is 11.5. The highest BCUT2D eigenvalue weighted by Gasteiger charge is 2.70. The van der Waals surface area contributed by atoms with Crippen LogP contribution in [0.4, 0.5) is 0 Å². The Morgan fingerprint density at radius 2 is 1.74 bits per heavy atom. The molecule has 4 fully saturated rings. The first-order chi connectivity index (χ1) is 16.4. The number of hydrogen-bond donors (Lipinski definition) is 2. The van der Waals surface area contributed by atoms with E-state index in [0.717, 1.165) is 51.4 Å². The van der Waals surface area contributed by atoms with Crippen LogP contribution in [0.2, 0.25) is 0 Å². The number of ether oxygens (including phenoxy) is 1. The Kier molecular flexibility index (Phi) is 5.94. The van der Waals surface area contributed by atoms with Gasteiger partial charge in [-0.2, -0.15) is 0 Å². The molecule has 0 radical (unpaired) electrons. The fourth-order valence-corrected chi connectivity index (χ4v) is 11.5. The van der Waals surface area contributed by atoms with Crippen LogP contribution < -0.4 is 0 Å². The van der Waals surface area contributed by atoms with Gasteiger partial charge in [0.15, 0.2) is 0 Å². The fraction of sp³-hybridized carbons (Fsp3) is 0.903. The molecule has 4 heteroatoms. The largest absolute Gasteiger partial charge is 0.469 e. The first-order valence-electron chi connectivity index (χ1n) is 14.4. The second kappa shape index (κ2) is 8.06. The van der Waals surface area contributed by atoms with Crippen molar-refractivity contribution in [3.8, 4) is 0 Å². The molecule has 0 heterocycles. The Bertz CT molecular complexity index is 912. The molecule has 0 saturated heterocycles. The van der Waals surface area contributed by atoms with Crippen molar-refractivity contribution >= 4 is 5.97 Å². The van der Waals surface area contributed by atoms with Gasteiger partial charge in [0.25, 0.3) is 0 Å². The van der Waals surface area contributed by atoms with Gasteiger partial charge in [-0.05, 0) is 90.8 Å². The minimum atomic E-state index is -0.446. The molecule has 2 N–H and O–H groups in total. The van der Waals surface area contributed by atoms with E-state index < -0.39 is 11.5 Å². The number of aliphatic hydroxyl groups is 2. The lowest BCUT2D eigenvalue weighted by molar-refractivity contribution is -0.230. The molecule has 0 bridgehead atoms. The van der Waals surface area contributed by atoms with Crippen LogP contribution in [0.3, 0.4) is 0 Å². The van der Waals surface area contributed by atoms with Gasteiger partial charge in [-0.15, -0.1) is 0 Å². The monoisotopic (exact) mass is 486 g/mol. The Labute approximate surface area is 213 Å². The maximum atomic E-state index is 13.3. The van der Waals surface area contributed by atoms with Gasteiger partial charge in [0.2, 0.25) is 0 Å². The lowest BCUT2D eigenvalue weighted by Crippen LogP contribution is -2.67. The summed E-state index contributed by atoms with van der Waals surface area (Å²) in [4.78, 5) is 13.3. The Hall–Kier alpha value is -0.870. The van der Waals surface area contributed by atoms with Gasteiger partial charge in [-0.1, -0.05) is 66.0 Å². The van der Waals surface area contributed by atoms with Gasteiger partial charge >= 0.3 is 5.97 Å². The van der Waals surface area contributed by atoms with Gasteiger partial charge < -0.3 is 14.9 Å². The summed E-state index contributed by atoms with van der Waals surface area (Å²) < 4.78 is 5.47. The lowest BCUT2D eigenvalue weighted by Gasteiger charge is -2.71. The molecule has 4 nitrogen and oxygen atoms in total. The van der Waals surface area contributed by atoms with E-state index >= 15 is 0 Å². The van der Waals surface area contributed by atoms with Gasteiger partial charge in [0, 0.05) is 5.41 Å². The summed E-state index contributed by atoms with van der Waals surface area (Å²) in [5.74, 6) is 1.85. The van der Waals surface area contributed by atoms with Crippen LogP contribution in [0.1, 0.15) is 99.3 Å². The predicted octanol–water partition coefficient (Wildman–Crippen LogP) is 6.15. The summed E-state index contributed by atoms with van der Waals surface area (Å²) in [7, 11) is 1.58. The van der Waals surface area contributed by atoms with Crippen LogP contribution in [-0.2, 0) is 9.53 Å². The molecule has 4 saturated carbocycles. The molecule has 5 aliphatic rings. The van der Waals surface area contributed by atoms with Crippen molar-refractivity contribution < 1.29 is 19.7 Å². The lowest BCUT2D eigenvalue weighted by atomic mass is 9.33. The number of carbonyl (C=O) groups excluding carboxylic acids is 1. The zero-order valence-electron chi connectivity index (χ0n) is 23.3. The number of allylic oxidation sites excluding steroid dienone is 2. The number of rotatable bonds is 2. The highest BCUT2D eigenvalue weighted by molar-refractivity contribution is 5.78. The van der Waals surface area contributed by atoms with E-state index in [1.54, 1.807) is 12.7 Å². The molecule has 198 valence electrons. The van der Waals surface area contributed by atoms with Crippen LogP contribution in [0, 0.1) is 56.7 Å². The normalized spacial score (nSPS) is 55.5. The van der Waals surface area contributed by atoms with Crippen LogP contribution in [-0.4, -0.2) is 36.0 Å². The SMILES string of the molecule is COC(=O)[C@]12CCC[C@H](C)C1C1=CCC3[C@@]4(C)C[C@@H](C)[C@H](O)[C@@](C)(CO)C4CC[C@@]3(C)[C@]1(C)CC2. The van der Waals surface area contributed by atoms with Crippen molar-refractivity contribution in [2.45, 2.75) is 105 Å². The summed E-state index contributed by atoms with van der Waals surface area (Å²) in [6.07, 6.45) is 11.7. The molecule has 5 aliphatic carbocycles. The van der Waals surface area contributed by atoms with Gasteiger partial charge in [-0.3, -0.25) is 4.79 Å². The summed E-state index contributed by atoms with van der Waals surface area (Å²) >= 11 is 0. The molecule has 0 aromatic carbocycles. The molecule has 0 aromatic rings. The average Bonchev–Trinajstić information content (AvgIpc) is 2.82. The van der Waals surface area contributed by atoms with Gasteiger partial charge in [0.05, 0.1) is 25.2 Å². The smallest absolute Gasteiger partial charge is 0.312 e. The van der Waals surface area contributed by atoms with E-state index in [0.29, 0.717) is 23.7 Å². The van der Waals surface area contributed by atoms with Crippen molar-refractivity contribution in [2.75, 3.05) is 13.7 Å². The van der Waals surface area contributed by atoms with Crippen LogP contribution in [0.15, 0.2) is 11.6 Å². The van der Waals surface area contributed by atoms with Crippen molar-refractivity contribution in [1.82, 2.24) is 0 Å². The molecule has 0 aliphatic heterocycles. The summed E-state index contributed by atoms with van der Waals surface area (Å²) in [6.45, 7) is 14.3. The number of fused-ring (bicyclic) bond motifs is 7. The first-order valence-corrected chi connectivity index (χ1v) is 14.4. The van der Waals surface area contributed by atoms with Crippen molar-refractivity contribution in [3.63, 3.8) is 0 Å². The molecule has 0 amide bonds. The predicted molar refractivity (Wildman–Crippen MR) is 138 cm³/mol. The van der Waals surface area contributed by atoms with Crippen LogP contribution >= 0.6 is 0 Å². The maximum Gasteiger partial charge on any atom is 0.312 e. The number of carbonyl (C=O) groups is 1. The van der Waals surface area contributed by atoms with Crippen molar-refractivity contribution in [3.05, 3.63) is 11.6 Å². The maximum absolute atomic E-state index is 13.3.